The summed E-state index contributed by atoms with van der Waals surface area (Å²) < 4.78 is 23.6. The van der Waals surface area contributed by atoms with E-state index >= 15 is 0 Å². The molecule has 0 bridgehead atoms. The van der Waals surface area contributed by atoms with Crippen LogP contribution in [0.2, 0.25) is 0 Å². The molecule has 2 amide bonds. The SMILES string of the molecule is COc1ccccc1CCNC(=O)NCCOc1cccc(F)c1. The molecule has 0 aliphatic heterocycles. The van der Waals surface area contributed by atoms with E-state index in [1.165, 1.54) is 12.1 Å². The number of hydrogen-bond donors (Lipinski definition) is 2. The van der Waals surface area contributed by atoms with Crippen molar-refractivity contribution in [2.45, 2.75) is 6.42 Å². The zero-order valence-corrected chi connectivity index (χ0v) is 13.5. The number of methoxy groups -OCH3 is 1. The summed E-state index contributed by atoms with van der Waals surface area (Å²) in [5, 5.41) is 5.45. The molecule has 0 saturated heterocycles. The molecule has 2 aromatic carbocycles. The third-order valence-electron chi connectivity index (χ3n) is 3.32. The molecule has 2 rings (SSSR count). The first-order valence-corrected chi connectivity index (χ1v) is 7.71. The predicted molar refractivity (Wildman–Crippen MR) is 90.0 cm³/mol. The van der Waals surface area contributed by atoms with Crippen LogP contribution in [0.3, 0.4) is 0 Å². The van der Waals surface area contributed by atoms with Gasteiger partial charge in [0.25, 0.3) is 0 Å². The number of urea groups is 1. The van der Waals surface area contributed by atoms with E-state index in [2.05, 4.69) is 10.6 Å². The first-order chi connectivity index (χ1) is 11.7. The van der Waals surface area contributed by atoms with E-state index in [0.717, 1.165) is 11.3 Å². The van der Waals surface area contributed by atoms with Crippen molar-refractivity contribution < 1.29 is 18.7 Å². The second-order valence-corrected chi connectivity index (χ2v) is 5.05. The summed E-state index contributed by atoms with van der Waals surface area (Å²) in [6.07, 6.45) is 0.678. The second kappa shape index (κ2) is 9.39. The van der Waals surface area contributed by atoms with Crippen LogP contribution in [-0.2, 0) is 6.42 Å². The standard InChI is InChI=1S/C18H21FN2O3/c1-23-17-8-3-2-5-14(17)9-10-20-18(22)21-11-12-24-16-7-4-6-15(19)13-16/h2-8,13H,9-12H2,1H3,(H2,20,21,22). The van der Waals surface area contributed by atoms with E-state index in [1.54, 1.807) is 19.2 Å². The number of ether oxygens (including phenoxy) is 2. The highest BCUT2D eigenvalue weighted by Gasteiger charge is 2.03. The summed E-state index contributed by atoms with van der Waals surface area (Å²) in [5.41, 5.74) is 1.04. The highest BCUT2D eigenvalue weighted by molar-refractivity contribution is 5.73. The summed E-state index contributed by atoms with van der Waals surface area (Å²) in [7, 11) is 1.62. The summed E-state index contributed by atoms with van der Waals surface area (Å²) in [6.45, 7) is 1.09. The fraction of sp³-hybridized carbons (Fsp3) is 0.278. The van der Waals surface area contributed by atoms with Crippen LogP contribution in [0.1, 0.15) is 5.56 Å². The largest absolute Gasteiger partial charge is 0.496 e. The van der Waals surface area contributed by atoms with Gasteiger partial charge in [0.15, 0.2) is 0 Å². The fourth-order valence-corrected chi connectivity index (χ4v) is 2.17. The lowest BCUT2D eigenvalue weighted by molar-refractivity contribution is 0.236. The molecule has 24 heavy (non-hydrogen) atoms. The second-order valence-electron chi connectivity index (χ2n) is 5.05. The van der Waals surface area contributed by atoms with Gasteiger partial charge in [0.05, 0.1) is 13.7 Å². The Hall–Kier alpha value is -2.76. The maximum atomic E-state index is 13.0. The lowest BCUT2D eigenvalue weighted by Crippen LogP contribution is -2.38. The molecule has 2 aromatic rings. The van der Waals surface area contributed by atoms with Crippen LogP contribution >= 0.6 is 0 Å². The number of carbonyl (C=O) groups is 1. The normalized spacial score (nSPS) is 10.1. The Kier molecular flexibility index (Phi) is 6.89. The third-order valence-corrected chi connectivity index (χ3v) is 3.32. The van der Waals surface area contributed by atoms with Crippen molar-refractivity contribution in [1.29, 1.82) is 0 Å². The zero-order valence-electron chi connectivity index (χ0n) is 13.5. The monoisotopic (exact) mass is 332 g/mol. The minimum absolute atomic E-state index is 0.267. The molecule has 2 N–H and O–H groups in total. The number of carbonyl (C=O) groups excluding carboxylic acids is 1. The maximum Gasteiger partial charge on any atom is 0.314 e. The first-order valence-electron chi connectivity index (χ1n) is 7.71. The Morgan fingerprint density at radius 3 is 2.67 bits per heavy atom. The number of rotatable bonds is 8. The predicted octanol–water partition coefficient (Wildman–Crippen LogP) is 2.76. The van der Waals surface area contributed by atoms with E-state index in [4.69, 9.17) is 9.47 Å². The molecule has 0 fully saturated rings. The van der Waals surface area contributed by atoms with Crippen molar-refractivity contribution in [3.63, 3.8) is 0 Å². The van der Waals surface area contributed by atoms with Crippen molar-refractivity contribution in [2.24, 2.45) is 0 Å². The Morgan fingerprint density at radius 2 is 1.88 bits per heavy atom. The molecular weight excluding hydrogens is 311 g/mol. The molecule has 5 nitrogen and oxygen atoms in total. The molecule has 128 valence electrons. The minimum Gasteiger partial charge on any atom is -0.496 e. The molecule has 0 saturated carbocycles. The number of nitrogens with one attached hydrogen (secondary N) is 2. The Morgan fingerprint density at radius 1 is 1.08 bits per heavy atom. The zero-order chi connectivity index (χ0) is 17.2. The quantitative estimate of drug-likeness (QED) is 0.731. The van der Waals surface area contributed by atoms with Crippen LogP contribution in [-0.4, -0.2) is 32.8 Å². The smallest absolute Gasteiger partial charge is 0.314 e. The van der Waals surface area contributed by atoms with E-state index in [-0.39, 0.29) is 18.5 Å². The van der Waals surface area contributed by atoms with Crippen LogP contribution in [0.15, 0.2) is 48.5 Å². The van der Waals surface area contributed by atoms with Gasteiger partial charge < -0.3 is 20.1 Å². The van der Waals surface area contributed by atoms with Crippen molar-refractivity contribution in [3.05, 3.63) is 59.9 Å². The van der Waals surface area contributed by atoms with Gasteiger partial charge in [-0.3, -0.25) is 0 Å². The molecule has 0 aliphatic carbocycles. The number of hydrogen-bond acceptors (Lipinski definition) is 3. The van der Waals surface area contributed by atoms with Crippen LogP contribution < -0.4 is 20.1 Å². The summed E-state index contributed by atoms with van der Waals surface area (Å²) in [6, 6.07) is 13.3. The van der Waals surface area contributed by atoms with Gasteiger partial charge in [0, 0.05) is 12.6 Å². The highest BCUT2D eigenvalue weighted by Crippen LogP contribution is 2.17. The van der Waals surface area contributed by atoms with Gasteiger partial charge in [-0.05, 0) is 30.2 Å². The molecule has 0 atom stereocenters. The van der Waals surface area contributed by atoms with E-state index in [0.29, 0.717) is 25.3 Å². The third kappa shape index (κ3) is 5.79. The van der Waals surface area contributed by atoms with Crippen LogP contribution in [0.4, 0.5) is 9.18 Å². The van der Waals surface area contributed by atoms with Crippen molar-refractivity contribution in [3.8, 4) is 11.5 Å². The summed E-state index contributed by atoms with van der Waals surface area (Å²) >= 11 is 0. The Labute approximate surface area is 140 Å². The lowest BCUT2D eigenvalue weighted by atomic mass is 10.1. The van der Waals surface area contributed by atoms with Gasteiger partial charge in [0.2, 0.25) is 0 Å². The number of amides is 2. The van der Waals surface area contributed by atoms with Gasteiger partial charge in [-0.2, -0.15) is 0 Å². The van der Waals surface area contributed by atoms with Crippen molar-refractivity contribution in [1.82, 2.24) is 10.6 Å². The lowest BCUT2D eigenvalue weighted by Gasteiger charge is -2.10. The number of para-hydroxylation sites is 1. The maximum absolute atomic E-state index is 13.0. The fourth-order valence-electron chi connectivity index (χ4n) is 2.17. The van der Waals surface area contributed by atoms with Crippen LogP contribution in [0.25, 0.3) is 0 Å². The van der Waals surface area contributed by atoms with Gasteiger partial charge in [-0.1, -0.05) is 24.3 Å². The minimum atomic E-state index is -0.352. The average molecular weight is 332 g/mol. The molecule has 0 aliphatic rings. The highest BCUT2D eigenvalue weighted by atomic mass is 19.1. The van der Waals surface area contributed by atoms with Gasteiger partial charge >= 0.3 is 6.03 Å². The Balaban J connectivity index is 1.61. The summed E-state index contributed by atoms with van der Waals surface area (Å²) in [5.74, 6) is 0.895. The molecule has 0 radical (unpaired) electrons. The van der Waals surface area contributed by atoms with Crippen molar-refractivity contribution >= 4 is 6.03 Å². The van der Waals surface area contributed by atoms with E-state index < -0.39 is 0 Å². The first kappa shape index (κ1) is 17.6. The molecule has 0 aromatic heterocycles. The van der Waals surface area contributed by atoms with E-state index in [1.807, 2.05) is 24.3 Å². The topological polar surface area (TPSA) is 59.6 Å². The molecular formula is C18H21FN2O3. The number of halogens is 1. The van der Waals surface area contributed by atoms with Gasteiger partial charge in [-0.25, -0.2) is 9.18 Å². The Bertz CT molecular complexity index is 664. The average Bonchev–Trinajstić information content (AvgIpc) is 2.59. The van der Waals surface area contributed by atoms with Crippen LogP contribution in [0, 0.1) is 5.82 Å². The molecule has 6 heteroatoms. The van der Waals surface area contributed by atoms with Gasteiger partial charge in [0.1, 0.15) is 23.9 Å². The van der Waals surface area contributed by atoms with Gasteiger partial charge in [-0.15, -0.1) is 0 Å². The van der Waals surface area contributed by atoms with Crippen molar-refractivity contribution in [2.75, 3.05) is 26.8 Å². The van der Waals surface area contributed by atoms with Crippen LogP contribution in [0.5, 0.6) is 11.5 Å². The summed E-state index contributed by atoms with van der Waals surface area (Å²) in [4.78, 5) is 11.7. The molecule has 0 spiro atoms. The number of benzene rings is 2. The van der Waals surface area contributed by atoms with E-state index in [9.17, 15) is 9.18 Å². The molecule has 0 unspecified atom stereocenters. The molecule has 0 heterocycles.